The van der Waals surface area contributed by atoms with Gasteiger partial charge in [0, 0.05) is 11.1 Å². The Bertz CT molecular complexity index is 562. The van der Waals surface area contributed by atoms with Gasteiger partial charge in [-0.1, -0.05) is 49.5 Å². The van der Waals surface area contributed by atoms with E-state index in [0.29, 0.717) is 0 Å². The van der Waals surface area contributed by atoms with Crippen molar-refractivity contribution in [3.8, 4) is 11.8 Å². The molecular formula is C19H19. The Morgan fingerprint density at radius 2 is 1.37 bits per heavy atom. The standard InChI is InChI=1S/C19H19/c1-3-4-5-17-10-12-19(13-11-17)15-14-18-8-6-16(2)7-9-18/h6-13H,2-5H2,1H3. The molecule has 0 heteroatoms. The average Bonchev–Trinajstić information content (AvgIpc) is 2.46. The molecule has 0 aliphatic heterocycles. The van der Waals surface area contributed by atoms with Crippen LogP contribution in [0.2, 0.25) is 0 Å². The molecule has 95 valence electrons. The van der Waals surface area contributed by atoms with E-state index in [0.717, 1.165) is 23.1 Å². The van der Waals surface area contributed by atoms with Crippen LogP contribution in [-0.2, 0) is 6.42 Å². The van der Waals surface area contributed by atoms with Gasteiger partial charge in [0.2, 0.25) is 0 Å². The van der Waals surface area contributed by atoms with Crippen molar-refractivity contribution in [1.82, 2.24) is 0 Å². The van der Waals surface area contributed by atoms with Crippen LogP contribution in [0, 0.1) is 18.8 Å². The zero-order valence-corrected chi connectivity index (χ0v) is 11.4. The molecule has 0 atom stereocenters. The Labute approximate surface area is 116 Å². The molecule has 0 aliphatic carbocycles. The summed E-state index contributed by atoms with van der Waals surface area (Å²) in [6.07, 6.45) is 3.65. The Morgan fingerprint density at radius 1 is 0.842 bits per heavy atom. The second-order valence-corrected chi connectivity index (χ2v) is 4.75. The van der Waals surface area contributed by atoms with Gasteiger partial charge < -0.3 is 0 Å². The Hall–Kier alpha value is -2.00. The smallest absolute Gasteiger partial charge is 0.0249 e. The third kappa shape index (κ3) is 4.30. The first-order valence-corrected chi connectivity index (χ1v) is 6.81. The molecule has 2 rings (SSSR count). The van der Waals surface area contributed by atoms with Crippen LogP contribution in [0.3, 0.4) is 0 Å². The molecule has 0 N–H and O–H groups in total. The lowest BCUT2D eigenvalue weighted by Gasteiger charge is -1.99. The van der Waals surface area contributed by atoms with E-state index in [2.05, 4.69) is 50.0 Å². The van der Waals surface area contributed by atoms with Crippen LogP contribution in [0.15, 0.2) is 48.5 Å². The number of unbranched alkanes of at least 4 members (excludes halogenated alkanes) is 1. The summed E-state index contributed by atoms with van der Waals surface area (Å²) < 4.78 is 0. The van der Waals surface area contributed by atoms with Crippen molar-refractivity contribution in [2.75, 3.05) is 0 Å². The van der Waals surface area contributed by atoms with E-state index in [1.54, 1.807) is 0 Å². The van der Waals surface area contributed by atoms with E-state index in [1.165, 1.54) is 18.4 Å². The normalized spacial score (nSPS) is 9.79. The molecule has 0 bridgehead atoms. The third-order valence-corrected chi connectivity index (χ3v) is 3.08. The summed E-state index contributed by atoms with van der Waals surface area (Å²) >= 11 is 0. The molecule has 1 radical (unpaired) electrons. The third-order valence-electron chi connectivity index (χ3n) is 3.08. The minimum Gasteiger partial charge on any atom is -0.0654 e. The molecular weight excluding hydrogens is 228 g/mol. The maximum absolute atomic E-state index is 3.87. The van der Waals surface area contributed by atoms with Crippen molar-refractivity contribution in [3.63, 3.8) is 0 Å². The monoisotopic (exact) mass is 247 g/mol. The van der Waals surface area contributed by atoms with E-state index >= 15 is 0 Å². The van der Waals surface area contributed by atoms with Gasteiger partial charge in [-0.3, -0.25) is 0 Å². The number of hydrogen-bond donors (Lipinski definition) is 0. The summed E-state index contributed by atoms with van der Waals surface area (Å²) in [4.78, 5) is 0. The first-order valence-electron chi connectivity index (χ1n) is 6.81. The van der Waals surface area contributed by atoms with Crippen LogP contribution in [0.1, 0.15) is 42.0 Å². The number of benzene rings is 2. The average molecular weight is 247 g/mol. The van der Waals surface area contributed by atoms with Gasteiger partial charge in [-0.2, -0.15) is 0 Å². The molecule has 0 aliphatic rings. The summed E-state index contributed by atoms with van der Waals surface area (Å²) in [5, 5.41) is 0. The molecule has 0 saturated heterocycles. The van der Waals surface area contributed by atoms with E-state index in [1.807, 2.05) is 24.3 Å². The summed E-state index contributed by atoms with van der Waals surface area (Å²) in [5.41, 5.74) is 4.51. The van der Waals surface area contributed by atoms with E-state index in [-0.39, 0.29) is 0 Å². The van der Waals surface area contributed by atoms with Gasteiger partial charge in [0.25, 0.3) is 0 Å². The minimum absolute atomic E-state index is 1.02. The van der Waals surface area contributed by atoms with Crippen LogP contribution in [0.5, 0.6) is 0 Å². The highest BCUT2D eigenvalue weighted by Crippen LogP contribution is 2.07. The molecule has 0 amide bonds. The van der Waals surface area contributed by atoms with Crippen LogP contribution < -0.4 is 0 Å². The molecule has 0 nitrogen and oxygen atoms in total. The zero-order chi connectivity index (χ0) is 13.5. The Balaban J connectivity index is 2.05. The van der Waals surface area contributed by atoms with E-state index in [4.69, 9.17) is 0 Å². The van der Waals surface area contributed by atoms with Gasteiger partial charge >= 0.3 is 0 Å². The Morgan fingerprint density at radius 3 is 1.89 bits per heavy atom. The van der Waals surface area contributed by atoms with Crippen LogP contribution >= 0.6 is 0 Å². The summed E-state index contributed by atoms with van der Waals surface area (Å²) in [5.74, 6) is 6.37. The second kappa shape index (κ2) is 6.81. The fourth-order valence-corrected chi connectivity index (χ4v) is 1.87. The first kappa shape index (κ1) is 13.4. The van der Waals surface area contributed by atoms with Gasteiger partial charge in [0.05, 0.1) is 0 Å². The second-order valence-electron chi connectivity index (χ2n) is 4.75. The fraction of sp³-hybridized carbons (Fsp3) is 0.211. The van der Waals surface area contributed by atoms with Crippen molar-refractivity contribution in [1.29, 1.82) is 0 Å². The highest BCUT2D eigenvalue weighted by molar-refractivity contribution is 5.44. The number of hydrogen-bond acceptors (Lipinski definition) is 0. The molecule has 0 spiro atoms. The van der Waals surface area contributed by atoms with Crippen molar-refractivity contribution in [2.45, 2.75) is 26.2 Å². The SMILES string of the molecule is [CH2]c1ccc(C#Cc2ccc(CCCC)cc2)cc1. The van der Waals surface area contributed by atoms with Crippen molar-refractivity contribution >= 4 is 0 Å². The van der Waals surface area contributed by atoms with E-state index in [9.17, 15) is 0 Å². The van der Waals surface area contributed by atoms with Gasteiger partial charge in [-0.05, 0) is 55.2 Å². The summed E-state index contributed by atoms with van der Waals surface area (Å²) in [6.45, 7) is 6.09. The quantitative estimate of drug-likeness (QED) is 0.695. The molecule has 0 fully saturated rings. The lowest BCUT2D eigenvalue weighted by molar-refractivity contribution is 0.795. The first-order chi connectivity index (χ1) is 9.28. The zero-order valence-electron chi connectivity index (χ0n) is 11.4. The van der Waals surface area contributed by atoms with Gasteiger partial charge in [-0.25, -0.2) is 0 Å². The van der Waals surface area contributed by atoms with Gasteiger partial charge in [0.15, 0.2) is 0 Å². The molecule has 2 aromatic carbocycles. The predicted molar refractivity (Wildman–Crippen MR) is 81.9 cm³/mol. The van der Waals surface area contributed by atoms with Crippen molar-refractivity contribution in [2.24, 2.45) is 0 Å². The highest BCUT2D eigenvalue weighted by Gasteiger charge is 1.92. The van der Waals surface area contributed by atoms with Crippen molar-refractivity contribution < 1.29 is 0 Å². The predicted octanol–water partition coefficient (Wildman–Crippen LogP) is 4.61. The molecule has 0 heterocycles. The summed E-state index contributed by atoms with van der Waals surface area (Å²) in [7, 11) is 0. The number of rotatable bonds is 3. The number of aryl methyl sites for hydroxylation is 1. The molecule has 2 aromatic rings. The highest BCUT2D eigenvalue weighted by atomic mass is 14.0. The Kier molecular flexibility index (Phi) is 4.81. The molecule has 19 heavy (non-hydrogen) atoms. The summed E-state index contributed by atoms with van der Waals surface area (Å²) in [6, 6.07) is 16.5. The lowest BCUT2D eigenvalue weighted by Crippen LogP contribution is -1.84. The molecule has 0 aromatic heterocycles. The van der Waals surface area contributed by atoms with Gasteiger partial charge in [0.1, 0.15) is 0 Å². The largest absolute Gasteiger partial charge is 0.0654 e. The topological polar surface area (TPSA) is 0 Å². The lowest BCUT2D eigenvalue weighted by atomic mass is 10.1. The van der Waals surface area contributed by atoms with Crippen molar-refractivity contribution in [3.05, 3.63) is 77.7 Å². The van der Waals surface area contributed by atoms with E-state index < -0.39 is 0 Å². The molecule has 0 unspecified atom stereocenters. The van der Waals surface area contributed by atoms with Crippen LogP contribution in [0.25, 0.3) is 0 Å². The van der Waals surface area contributed by atoms with Crippen LogP contribution in [-0.4, -0.2) is 0 Å². The molecule has 0 saturated carbocycles. The fourth-order valence-electron chi connectivity index (χ4n) is 1.87. The maximum atomic E-state index is 3.87. The maximum Gasteiger partial charge on any atom is 0.0249 e. The van der Waals surface area contributed by atoms with Crippen LogP contribution in [0.4, 0.5) is 0 Å². The minimum atomic E-state index is 1.02. The van der Waals surface area contributed by atoms with Gasteiger partial charge in [-0.15, -0.1) is 0 Å².